The third kappa shape index (κ3) is 3.49. The fraction of sp³-hybridized carbons (Fsp3) is 0.227. The van der Waals surface area contributed by atoms with Gasteiger partial charge in [-0.3, -0.25) is 9.78 Å². The zero-order chi connectivity index (χ0) is 20.7. The Morgan fingerprint density at radius 3 is 2.76 bits per heavy atom. The van der Waals surface area contributed by atoms with E-state index in [1.165, 1.54) is 5.56 Å². The molecule has 4 N–H and O–H groups in total. The molecule has 4 rings (SSSR count). The number of nitrogens with two attached hydrogens (primary N) is 1. The van der Waals surface area contributed by atoms with Crippen LogP contribution >= 0.6 is 12.2 Å². The van der Waals surface area contributed by atoms with Crippen molar-refractivity contribution >= 4 is 40.3 Å². The zero-order valence-electron chi connectivity index (χ0n) is 16.6. The van der Waals surface area contributed by atoms with Gasteiger partial charge in [-0.05, 0) is 50.5 Å². The molecular weight excluding hydrogens is 382 g/mol. The zero-order valence-corrected chi connectivity index (χ0v) is 17.4. The molecule has 0 saturated carbocycles. The number of nitrogens with zero attached hydrogens (tertiary/aromatic N) is 2. The van der Waals surface area contributed by atoms with Gasteiger partial charge in [0.1, 0.15) is 16.4 Å². The number of para-hydroxylation sites is 1. The smallest absolute Gasteiger partial charge is 0.264 e. The molecule has 148 valence electrons. The number of rotatable bonds is 3. The summed E-state index contributed by atoms with van der Waals surface area (Å²) in [5, 5.41) is 3.13. The fourth-order valence-electron chi connectivity index (χ4n) is 3.84. The second kappa shape index (κ2) is 7.33. The lowest BCUT2D eigenvalue weighted by Gasteiger charge is -2.23. The van der Waals surface area contributed by atoms with Crippen molar-refractivity contribution in [1.82, 2.24) is 9.97 Å². The van der Waals surface area contributed by atoms with Crippen LogP contribution in [0.25, 0.3) is 0 Å². The molecule has 0 amide bonds. The van der Waals surface area contributed by atoms with Gasteiger partial charge in [0.2, 0.25) is 5.95 Å². The predicted molar refractivity (Wildman–Crippen MR) is 122 cm³/mol. The summed E-state index contributed by atoms with van der Waals surface area (Å²) in [5.41, 5.74) is 11.3. The summed E-state index contributed by atoms with van der Waals surface area (Å²) < 4.78 is 0. The standard InChI is InChI=1S/C22H23N5OS/c1-12-8-9-16(13(2)10-12)24-21(29)18-19(23)25-22(26-20(18)28)27-14(3)11-15-6-4-5-7-17(15)27/h4-10,14H,11H2,1-3H3,(H,24,29)(H3,23,25,26,28). The molecular formula is C22H23N5OS. The topological polar surface area (TPSA) is 87.0 Å². The van der Waals surface area contributed by atoms with Gasteiger partial charge in [-0.25, -0.2) is 0 Å². The van der Waals surface area contributed by atoms with Crippen LogP contribution in [0.3, 0.4) is 0 Å². The minimum Gasteiger partial charge on any atom is -0.383 e. The molecule has 2 heterocycles. The van der Waals surface area contributed by atoms with Gasteiger partial charge < -0.3 is 16.0 Å². The maximum absolute atomic E-state index is 12.9. The molecule has 0 aliphatic carbocycles. The number of aromatic amines is 1. The van der Waals surface area contributed by atoms with E-state index in [0.717, 1.165) is 28.9 Å². The Hall–Kier alpha value is -3.19. The van der Waals surface area contributed by atoms with Crippen LogP contribution < -0.4 is 21.5 Å². The fourth-order valence-corrected chi connectivity index (χ4v) is 4.15. The van der Waals surface area contributed by atoms with E-state index >= 15 is 0 Å². The van der Waals surface area contributed by atoms with Gasteiger partial charge >= 0.3 is 0 Å². The number of aromatic nitrogens is 2. The van der Waals surface area contributed by atoms with Gasteiger partial charge in [-0.1, -0.05) is 48.1 Å². The maximum Gasteiger partial charge on any atom is 0.264 e. The van der Waals surface area contributed by atoms with Crippen molar-refractivity contribution in [2.45, 2.75) is 33.2 Å². The molecule has 1 atom stereocenters. The molecule has 6 nitrogen and oxygen atoms in total. The lowest BCUT2D eigenvalue weighted by molar-refractivity contribution is 0.738. The molecule has 0 bridgehead atoms. The number of nitrogens with one attached hydrogen (secondary N) is 2. The third-order valence-electron chi connectivity index (χ3n) is 5.23. The predicted octanol–water partition coefficient (Wildman–Crippen LogP) is 3.84. The summed E-state index contributed by atoms with van der Waals surface area (Å²) in [5.74, 6) is 0.547. The average Bonchev–Trinajstić information content (AvgIpc) is 2.99. The quantitative estimate of drug-likeness (QED) is 0.574. The van der Waals surface area contributed by atoms with Gasteiger partial charge in [0.05, 0.1) is 0 Å². The second-order valence-corrected chi connectivity index (χ2v) is 7.88. The molecule has 0 radical (unpaired) electrons. The maximum atomic E-state index is 12.9. The van der Waals surface area contributed by atoms with E-state index in [1.807, 2.05) is 55.1 Å². The number of benzene rings is 2. The van der Waals surface area contributed by atoms with Crippen LogP contribution in [-0.2, 0) is 6.42 Å². The monoisotopic (exact) mass is 405 g/mol. The minimum atomic E-state index is -0.355. The van der Waals surface area contributed by atoms with Crippen molar-refractivity contribution in [2.75, 3.05) is 16.0 Å². The minimum absolute atomic E-state index is 0.114. The third-order valence-corrected chi connectivity index (χ3v) is 5.53. The first-order chi connectivity index (χ1) is 13.8. The number of H-pyrrole nitrogens is 1. The van der Waals surface area contributed by atoms with Crippen molar-refractivity contribution in [3.05, 3.63) is 75.1 Å². The lowest BCUT2D eigenvalue weighted by Crippen LogP contribution is -2.31. The molecule has 1 aliphatic heterocycles. The van der Waals surface area contributed by atoms with Crippen LogP contribution in [-0.4, -0.2) is 21.0 Å². The van der Waals surface area contributed by atoms with Crippen molar-refractivity contribution in [3.63, 3.8) is 0 Å². The largest absolute Gasteiger partial charge is 0.383 e. The van der Waals surface area contributed by atoms with Crippen LogP contribution in [0.15, 0.2) is 47.3 Å². The van der Waals surface area contributed by atoms with Crippen molar-refractivity contribution in [1.29, 1.82) is 0 Å². The highest BCUT2D eigenvalue weighted by molar-refractivity contribution is 7.81. The molecule has 1 aliphatic rings. The molecule has 3 aromatic rings. The van der Waals surface area contributed by atoms with Gasteiger partial charge in [0, 0.05) is 17.4 Å². The van der Waals surface area contributed by atoms with E-state index in [9.17, 15) is 4.79 Å². The van der Waals surface area contributed by atoms with Crippen molar-refractivity contribution < 1.29 is 0 Å². The van der Waals surface area contributed by atoms with Crippen molar-refractivity contribution in [2.24, 2.45) is 0 Å². The van der Waals surface area contributed by atoms with Crippen LogP contribution in [0, 0.1) is 13.8 Å². The highest BCUT2D eigenvalue weighted by Crippen LogP contribution is 2.36. The van der Waals surface area contributed by atoms with E-state index in [4.69, 9.17) is 18.0 Å². The summed E-state index contributed by atoms with van der Waals surface area (Å²) in [7, 11) is 0. The second-order valence-electron chi connectivity index (χ2n) is 7.47. The molecule has 1 aromatic heterocycles. The molecule has 7 heteroatoms. The summed E-state index contributed by atoms with van der Waals surface area (Å²) in [6.07, 6.45) is 0.883. The summed E-state index contributed by atoms with van der Waals surface area (Å²) in [4.78, 5) is 22.5. The van der Waals surface area contributed by atoms with Crippen LogP contribution in [0.1, 0.15) is 29.2 Å². The number of anilines is 4. The Morgan fingerprint density at radius 1 is 1.28 bits per heavy atom. The number of aryl methyl sites for hydroxylation is 2. The normalized spacial score (nSPS) is 15.3. The van der Waals surface area contributed by atoms with Gasteiger partial charge in [0.15, 0.2) is 0 Å². The molecule has 0 saturated heterocycles. The first-order valence-electron chi connectivity index (χ1n) is 9.50. The summed E-state index contributed by atoms with van der Waals surface area (Å²) in [6.45, 7) is 6.10. The van der Waals surface area contributed by atoms with E-state index in [2.05, 4.69) is 28.3 Å². The summed E-state index contributed by atoms with van der Waals surface area (Å²) >= 11 is 5.47. The number of hydrogen-bond donors (Lipinski definition) is 3. The van der Waals surface area contributed by atoms with Crippen molar-refractivity contribution in [3.8, 4) is 0 Å². The number of fused-ring (bicyclic) bond motifs is 1. The summed E-state index contributed by atoms with van der Waals surface area (Å²) in [6, 6.07) is 14.2. The molecule has 0 spiro atoms. The van der Waals surface area contributed by atoms with E-state index in [0.29, 0.717) is 5.95 Å². The molecule has 2 aromatic carbocycles. The molecule has 1 unspecified atom stereocenters. The van der Waals surface area contributed by atoms with Gasteiger partial charge in [0.25, 0.3) is 5.56 Å². The average molecular weight is 406 g/mol. The Bertz CT molecular complexity index is 1170. The Balaban J connectivity index is 1.68. The molecule has 29 heavy (non-hydrogen) atoms. The SMILES string of the molecule is Cc1ccc(NC(=S)c2c(N)nc(N3c4ccccc4CC3C)[nH]c2=O)c(C)c1. The van der Waals surface area contributed by atoms with Crippen LogP contribution in [0.2, 0.25) is 0 Å². The van der Waals surface area contributed by atoms with Crippen LogP contribution in [0.5, 0.6) is 0 Å². The van der Waals surface area contributed by atoms with Gasteiger partial charge in [-0.15, -0.1) is 0 Å². The Morgan fingerprint density at radius 2 is 2.03 bits per heavy atom. The Labute approximate surface area is 174 Å². The Kier molecular flexibility index (Phi) is 4.84. The van der Waals surface area contributed by atoms with E-state index in [1.54, 1.807) is 0 Å². The number of thiocarbonyl (C=S) groups is 1. The highest BCUT2D eigenvalue weighted by atomic mass is 32.1. The lowest BCUT2D eigenvalue weighted by atomic mass is 10.1. The molecule has 0 fully saturated rings. The highest BCUT2D eigenvalue weighted by Gasteiger charge is 2.29. The van der Waals surface area contributed by atoms with E-state index < -0.39 is 0 Å². The first kappa shape index (κ1) is 19.1. The van der Waals surface area contributed by atoms with E-state index in [-0.39, 0.29) is 28.0 Å². The number of hydrogen-bond acceptors (Lipinski definition) is 5. The first-order valence-corrected chi connectivity index (χ1v) is 9.91. The van der Waals surface area contributed by atoms with Gasteiger partial charge in [-0.2, -0.15) is 4.98 Å². The number of nitrogen functional groups attached to an aromatic ring is 1. The van der Waals surface area contributed by atoms with Crippen LogP contribution in [0.4, 0.5) is 23.1 Å².